The summed E-state index contributed by atoms with van der Waals surface area (Å²) < 4.78 is 6.73. The van der Waals surface area contributed by atoms with Gasteiger partial charge in [-0.05, 0) is 5.92 Å². The van der Waals surface area contributed by atoms with Crippen LogP contribution in [-0.4, -0.2) is 39.9 Å². The number of carbonyl (C=O) groups is 1. The molecule has 2 N–H and O–H groups in total. The predicted octanol–water partition coefficient (Wildman–Crippen LogP) is 0.411. The van der Waals surface area contributed by atoms with E-state index in [1.54, 1.807) is 10.8 Å². The number of aromatic nitrogens is 2. The van der Waals surface area contributed by atoms with Crippen LogP contribution in [0.4, 0.5) is 5.82 Å². The Morgan fingerprint density at radius 2 is 2.35 bits per heavy atom. The Kier molecular flexibility index (Phi) is 4.39. The van der Waals surface area contributed by atoms with E-state index in [2.05, 4.69) is 10.3 Å². The first-order valence-electron chi connectivity index (χ1n) is 6.61. The summed E-state index contributed by atoms with van der Waals surface area (Å²) in [5.41, 5.74) is -0.239. The summed E-state index contributed by atoms with van der Waals surface area (Å²) in [5, 5.41) is 12.0. The lowest BCUT2D eigenvalue weighted by Gasteiger charge is -2.17. The summed E-state index contributed by atoms with van der Waals surface area (Å²) in [4.78, 5) is 27.3. The van der Waals surface area contributed by atoms with Gasteiger partial charge in [-0.2, -0.15) is 0 Å². The summed E-state index contributed by atoms with van der Waals surface area (Å²) in [6.45, 7) is 5.05. The fourth-order valence-electron chi connectivity index (χ4n) is 2.20. The van der Waals surface area contributed by atoms with Crippen molar-refractivity contribution < 1.29 is 14.6 Å². The molecule has 7 heteroatoms. The highest BCUT2D eigenvalue weighted by Gasteiger charge is 2.34. The maximum atomic E-state index is 12.2. The zero-order chi connectivity index (χ0) is 14.7. The molecule has 1 fully saturated rings. The molecule has 0 spiro atoms. The van der Waals surface area contributed by atoms with E-state index < -0.39 is 17.9 Å². The highest BCUT2D eigenvalue weighted by atomic mass is 16.5. The minimum Gasteiger partial charge on any atom is -0.481 e. The second-order valence-corrected chi connectivity index (χ2v) is 5.36. The second-order valence-electron chi connectivity index (χ2n) is 5.36. The molecule has 7 nitrogen and oxygen atoms in total. The van der Waals surface area contributed by atoms with Crippen molar-refractivity contribution in [1.82, 2.24) is 9.55 Å². The van der Waals surface area contributed by atoms with E-state index in [1.165, 1.54) is 6.20 Å². The van der Waals surface area contributed by atoms with Crippen molar-refractivity contribution in [3.63, 3.8) is 0 Å². The van der Waals surface area contributed by atoms with Crippen LogP contribution in [0.15, 0.2) is 17.2 Å². The highest BCUT2D eigenvalue weighted by Crippen LogP contribution is 2.16. The van der Waals surface area contributed by atoms with Crippen molar-refractivity contribution in [3.8, 4) is 0 Å². The van der Waals surface area contributed by atoms with E-state index >= 15 is 0 Å². The van der Waals surface area contributed by atoms with Crippen molar-refractivity contribution in [2.24, 2.45) is 11.8 Å². The van der Waals surface area contributed by atoms with Crippen LogP contribution < -0.4 is 10.9 Å². The Labute approximate surface area is 116 Å². The van der Waals surface area contributed by atoms with Gasteiger partial charge in [-0.25, -0.2) is 4.98 Å². The van der Waals surface area contributed by atoms with Gasteiger partial charge in [-0.1, -0.05) is 13.8 Å². The van der Waals surface area contributed by atoms with E-state index in [1.807, 2.05) is 13.8 Å². The first-order valence-corrected chi connectivity index (χ1v) is 6.61. The number of aliphatic carboxylic acids is 1. The first kappa shape index (κ1) is 14.5. The third-order valence-electron chi connectivity index (χ3n) is 3.20. The fraction of sp³-hybridized carbons (Fsp3) is 0.615. The molecular formula is C13H19N3O4. The van der Waals surface area contributed by atoms with Gasteiger partial charge in [-0.3, -0.25) is 9.59 Å². The normalized spacial score (nSPS) is 22.1. The standard InChI is InChI=1S/C13H19N3O4/c1-8(2)5-16-4-3-14-11(12(16)17)15-10-7-20-6-9(10)13(18)19/h3-4,8-10H,5-7H2,1-2H3,(H,14,15)(H,18,19). The number of carboxylic acids is 1. The van der Waals surface area contributed by atoms with Crippen LogP contribution in [0.2, 0.25) is 0 Å². The highest BCUT2D eigenvalue weighted by molar-refractivity contribution is 5.72. The largest absolute Gasteiger partial charge is 0.481 e. The lowest BCUT2D eigenvalue weighted by molar-refractivity contribution is -0.141. The third-order valence-corrected chi connectivity index (χ3v) is 3.20. The number of nitrogens with zero attached hydrogens (tertiary/aromatic N) is 2. The Morgan fingerprint density at radius 3 is 3.00 bits per heavy atom. The van der Waals surface area contributed by atoms with Crippen LogP contribution in [-0.2, 0) is 16.1 Å². The van der Waals surface area contributed by atoms with Crippen LogP contribution in [0.5, 0.6) is 0 Å². The van der Waals surface area contributed by atoms with Crippen molar-refractivity contribution in [2.45, 2.75) is 26.4 Å². The molecule has 0 saturated carbocycles. The average Bonchev–Trinajstić information content (AvgIpc) is 2.82. The quantitative estimate of drug-likeness (QED) is 0.812. The van der Waals surface area contributed by atoms with Gasteiger partial charge >= 0.3 is 5.97 Å². The predicted molar refractivity (Wildman–Crippen MR) is 72.7 cm³/mol. The Balaban J connectivity index is 2.17. The number of anilines is 1. The van der Waals surface area contributed by atoms with Gasteiger partial charge in [-0.15, -0.1) is 0 Å². The summed E-state index contributed by atoms with van der Waals surface area (Å²) in [7, 11) is 0. The summed E-state index contributed by atoms with van der Waals surface area (Å²) in [6, 6.07) is -0.428. The van der Waals surface area contributed by atoms with Crippen molar-refractivity contribution in [2.75, 3.05) is 18.5 Å². The number of carboxylic acid groups (broad SMARTS) is 1. The number of hydrogen-bond donors (Lipinski definition) is 2. The zero-order valence-corrected chi connectivity index (χ0v) is 11.6. The number of rotatable bonds is 5. The van der Waals surface area contributed by atoms with E-state index in [4.69, 9.17) is 9.84 Å². The molecule has 1 aromatic heterocycles. The van der Waals surface area contributed by atoms with Crippen molar-refractivity contribution in [3.05, 3.63) is 22.7 Å². The van der Waals surface area contributed by atoms with Crippen LogP contribution in [0, 0.1) is 11.8 Å². The van der Waals surface area contributed by atoms with Crippen LogP contribution in [0.25, 0.3) is 0 Å². The zero-order valence-electron chi connectivity index (χ0n) is 11.6. The molecule has 0 aliphatic carbocycles. The molecule has 0 amide bonds. The minimum atomic E-state index is -0.932. The molecule has 110 valence electrons. The SMILES string of the molecule is CC(C)Cn1ccnc(NC2COCC2C(=O)O)c1=O. The van der Waals surface area contributed by atoms with Crippen LogP contribution in [0.1, 0.15) is 13.8 Å². The molecule has 0 bridgehead atoms. The fourth-order valence-corrected chi connectivity index (χ4v) is 2.20. The maximum Gasteiger partial charge on any atom is 0.311 e. The molecule has 2 heterocycles. The maximum absolute atomic E-state index is 12.2. The van der Waals surface area contributed by atoms with Crippen LogP contribution >= 0.6 is 0 Å². The molecule has 0 radical (unpaired) electrons. The molecular weight excluding hydrogens is 262 g/mol. The Bertz CT molecular complexity index is 541. The number of ether oxygens (including phenoxy) is 1. The van der Waals surface area contributed by atoms with Crippen molar-refractivity contribution in [1.29, 1.82) is 0 Å². The molecule has 20 heavy (non-hydrogen) atoms. The first-order chi connectivity index (χ1) is 9.49. The molecule has 2 atom stereocenters. The molecule has 2 rings (SSSR count). The lowest BCUT2D eigenvalue weighted by atomic mass is 10.0. The second kappa shape index (κ2) is 6.04. The summed E-state index contributed by atoms with van der Waals surface area (Å²) in [5.74, 6) is -1.08. The summed E-state index contributed by atoms with van der Waals surface area (Å²) >= 11 is 0. The number of hydrogen-bond acceptors (Lipinski definition) is 5. The molecule has 1 saturated heterocycles. The van der Waals surface area contributed by atoms with Gasteiger partial charge < -0.3 is 19.7 Å². The van der Waals surface area contributed by atoms with Gasteiger partial charge in [0.25, 0.3) is 5.56 Å². The van der Waals surface area contributed by atoms with E-state index in [-0.39, 0.29) is 24.6 Å². The summed E-state index contributed by atoms with van der Waals surface area (Å²) in [6.07, 6.45) is 3.17. The van der Waals surface area contributed by atoms with Gasteiger partial charge in [0.2, 0.25) is 0 Å². The van der Waals surface area contributed by atoms with E-state index in [9.17, 15) is 9.59 Å². The minimum absolute atomic E-state index is 0.153. The smallest absolute Gasteiger partial charge is 0.311 e. The monoisotopic (exact) mass is 281 g/mol. The lowest BCUT2D eigenvalue weighted by Crippen LogP contribution is -2.36. The molecule has 2 unspecified atom stereocenters. The Hall–Kier alpha value is -1.89. The molecule has 1 aromatic rings. The number of nitrogens with one attached hydrogen (secondary N) is 1. The van der Waals surface area contributed by atoms with Crippen molar-refractivity contribution >= 4 is 11.8 Å². The molecule has 0 aromatic carbocycles. The van der Waals surface area contributed by atoms with Gasteiger partial charge in [0, 0.05) is 18.9 Å². The van der Waals surface area contributed by atoms with Gasteiger partial charge in [0.15, 0.2) is 5.82 Å². The van der Waals surface area contributed by atoms with Gasteiger partial charge in [0.05, 0.1) is 19.3 Å². The van der Waals surface area contributed by atoms with E-state index in [0.717, 1.165) is 0 Å². The molecule has 1 aliphatic rings. The Morgan fingerprint density at radius 1 is 1.60 bits per heavy atom. The third kappa shape index (κ3) is 3.16. The van der Waals surface area contributed by atoms with E-state index in [0.29, 0.717) is 12.5 Å². The van der Waals surface area contributed by atoms with Gasteiger partial charge in [0.1, 0.15) is 5.92 Å². The van der Waals surface area contributed by atoms with Crippen LogP contribution in [0.3, 0.4) is 0 Å². The molecule has 1 aliphatic heterocycles. The topological polar surface area (TPSA) is 93.4 Å². The average molecular weight is 281 g/mol.